The van der Waals surface area contributed by atoms with Gasteiger partial charge in [-0.2, -0.15) is 4.31 Å². The van der Waals surface area contributed by atoms with Crippen LogP contribution in [-0.4, -0.2) is 44.4 Å². The number of hydrogen-bond donors (Lipinski definition) is 1. The van der Waals surface area contributed by atoms with Gasteiger partial charge in [0.2, 0.25) is 15.9 Å². The minimum absolute atomic E-state index is 0.0200. The quantitative estimate of drug-likeness (QED) is 0.737. The Morgan fingerprint density at radius 1 is 1.29 bits per heavy atom. The van der Waals surface area contributed by atoms with E-state index in [9.17, 15) is 13.2 Å². The Morgan fingerprint density at radius 3 is 2.46 bits per heavy atom. The third-order valence-electron chi connectivity index (χ3n) is 3.78. The molecule has 7 heteroatoms. The van der Waals surface area contributed by atoms with Crippen LogP contribution in [-0.2, 0) is 14.8 Å². The Kier molecular flexibility index (Phi) is 7.69. The van der Waals surface area contributed by atoms with Crippen molar-refractivity contribution in [2.45, 2.75) is 52.0 Å². The van der Waals surface area contributed by atoms with Crippen LogP contribution in [0.1, 0.15) is 39.7 Å². The maximum Gasteiger partial charge on any atom is 0.243 e. The molecular weight excluding hydrogens is 328 g/mol. The summed E-state index contributed by atoms with van der Waals surface area (Å²) in [4.78, 5) is 12.2. The van der Waals surface area contributed by atoms with Crippen molar-refractivity contribution in [1.29, 1.82) is 0 Å². The van der Waals surface area contributed by atoms with Crippen molar-refractivity contribution in [2.75, 3.05) is 19.7 Å². The predicted octanol–water partition coefficient (Wildman–Crippen LogP) is 2.32. The molecule has 0 aromatic heterocycles. The van der Waals surface area contributed by atoms with E-state index in [4.69, 9.17) is 4.74 Å². The summed E-state index contributed by atoms with van der Waals surface area (Å²) in [6.07, 6.45) is 0.794. The molecule has 0 saturated carbocycles. The number of likely N-dealkylation sites (N-methyl/N-ethyl adjacent to an activating group) is 1. The van der Waals surface area contributed by atoms with E-state index in [1.165, 1.54) is 10.4 Å². The SMILES string of the molecule is CCOc1ccc(S(=O)(=O)N(CC)CC(=O)N[C@H](C)CC)cc1C. The molecule has 1 atom stereocenters. The minimum Gasteiger partial charge on any atom is -0.494 e. The van der Waals surface area contributed by atoms with E-state index >= 15 is 0 Å². The molecule has 0 fully saturated rings. The first-order valence-electron chi connectivity index (χ1n) is 8.29. The smallest absolute Gasteiger partial charge is 0.243 e. The number of carbonyl (C=O) groups excluding carboxylic acids is 1. The highest BCUT2D eigenvalue weighted by molar-refractivity contribution is 7.89. The van der Waals surface area contributed by atoms with Gasteiger partial charge in [0.25, 0.3) is 0 Å². The number of ether oxygens (including phenoxy) is 1. The number of carbonyl (C=O) groups is 1. The fourth-order valence-electron chi connectivity index (χ4n) is 2.20. The van der Waals surface area contributed by atoms with Gasteiger partial charge in [0.15, 0.2) is 0 Å². The molecule has 0 unspecified atom stereocenters. The van der Waals surface area contributed by atoms with Crippen LogP contribution < -0.4 is 10.1 Å². The average molecular weight is 356 g/mol. The number of hydrogen-bond acceptors (Lipinski definition) is 4. The summed E-state index contributed by atoms with van der Waals surface area (Å²) in [5, 5.41) is 2.79. The first-order chi connectivity index (χ1) is 11.3. The molecule has 24 heavy (non-hydrogen) atoms. The molecule has 1 rings (SSSR count). The summed E-state index contributed by atoms with van der Waals surface area (Å²) in [5.74, 6) is 0.367. The van der Waals surface area contributed by atoms with Crippen molar-refractivity contribution in [1.82, 2.24) is 9.62 Å². The van der Waals surface area contributed by atoms with Gasteiger partial charge in [-0.1, -0.05) is 13.8 Å². The summed E-state index contributed by atoms with van der Waals surface area (Å²) in [6.45, 7) is 9.80. The fraction of sp³-hybridized carbons (Fsp3) is 0.588. The van der Waals surface area contributed by atoms with Gasteiger partial charge in [-0.15, -0.1) is 0 Å². The second-order valence-electron chi connectivity index (χ2n) is 5.67. The van der Waals surface area contributed by atoms with Crippen LogP contribution >= 0.6 is 0 Å². The Morgan fingerprint density at radius 2 is 1.96 bits per heavy atom. The third-order valence-corrected chi connectivity index (χ3v) is 5.69. The van der Waals surface area contributed by atoms with Gasteiger partial charge in [-0.05, 0) is 51.0 Å². The molecule has 136 valence electrons. The summed E-state index contributed by atoms with van der Waals surface area (Å²) >= 11 is 0. The van der Waals surface area contributed by atoms with Crippen molar-refractivity contribution in [3.63, 3.8) is 0 Å². The monoisotopic (exact) mass is 356 g/mol. The normalized spacial score (nSPS) is 12.9. The Balaban J connectivity index is 2.99. The summed E-state index contributed by atoms with van der Waals surface area (Å²) < 4.78 is 32.2. The van der Waals surface area contributed by atoms with Gasteiger partial charge >= 0.3 is 0 Å². The van der Waals surface area contributed by atoms with Crippen LogP contribution in [0.25, 0.3) is 0 Å². The van der Waals surface area contributed by atoms with Gasteiger partial charge in [0.05, 0.1) is 18.0 Å². The number of amides is 1. The highest BCUT2D eigenvalue weighted by Crippen LogP contribution is 2.24. The number of rotatable bonds is 9. The molecule has 0 spiro atoms. The van der Waals surface area contributed by atoms with Crippen LogP contribution in [0.2, 0.25) is 0 Å². The van der Waals surface area contributed by atoms with Crippen LogP contribution in [0.4, 0.5) is 0 Å². The van der Waals surface area contributed by atoms with Crippen molar-refractivity contribution < 1.29 is 17.9 Å². The lowest BCUT2D eigenvalue weighted by atomic mass is 10.2. The number of benzene rings is 1. The van der Waals surface area contributed by atoms with Crippen LogP contribution in [0.15, 0.2) is 23.1 Å². The van der Waals surface area contributed by atoms with Gasteiger partial charge < -0.3 is 10.1 Å². The molecule has 1 amide bonds. The van der Waals surface area contributed by atoms with E-state index < -0.39 is 10.0 Å². The largest absolute Gasteiger partial charge is 0.494 e. The number of sulfonamides is 1. The maximum atomic E-state index is 12.8. The van der Waals surface area contributed by atoms with E-state index in [1.807, 2.05) is 20.8 Å². The summed E-state index contributed by atoms with van der Waals surface area (Å²) in [5.41, 5.74) is 0.748. The lowest BCUT2D eigenvalue weighted by molar-refractivity contribution is -0.121. The number of nitrogens with zero attached hydrogens (tertiary/aromatic N) is 1. The number of nitrogens with one attached hydrogen (secondary N) is 1. The highest BCUT2D eigenvalue weighted by Gasteiger charge is 2.26. The van der Waals surface area contributed by atoms with Crippen LogP contribution in [0.5, 0.6) is 5.75 Å². The predicted molar refractivity (Wildman–Crippen MR) is 94.7 cm³/mol. The summed E-state index contributed by atoms with van der Waals surface area (Å²) in [7, 11) is -3.73. The van der Waals surface area contributed by atoms with Crippen LogP contribution in [0, 0.1) is 6.92 Å². The van der Waals surface area contributed by atoms with Crippen molar-refractivity contribution >= 4 is 15.9 Å². The average Bonchev–Trinajstić information content (AvgIpc) is 2.54. The topological polar surface area (TPSA) is 75.7 Å². The Hall–Kier alpha value is -1.60. The molecule has 6 nitrogen and oxygen atoms in total. The van der Waals surface area contributed by atoms with E-state index in [2.05, 4.69) is 5.32 Å². The molecule has 0 heterocycles. The third kappa shape index (κ3) is 5.21. The molecule has 0 bridgehead atoms. The second-order valence-corrected chi connectivity index (χ2v) is 7.61. The molecular formula is C17H28N2O4S. The first-order valence-corrected chi connectivity index (χ1v) is 9.73. The minimum atomic E-state index is -3.73. The highest BCUT2D eigenvalue weighted by atomic mass is 32.2. The van der Waals surface area contributed by atoms with Gasteiger partial charge in [0.1, 0.15) is 5.75 Å². The molecule has 1 aromatic rings. The molecule has 1 aromatic carbocycles. The van der Waals surface area contributed by atoms with E-state index in [-0.39, 0.29) is 29.9 Å². The van der Waals surface area contributed by atoms with Crippen molar-refractivity contribution in [3.8, 4) is 5.75 Å². The van der Waals surface area contributed by atoms with E-state index in [1.54, 1.807) is 26.0 Å². The molecule has 0 radical (unpaired) electrons. The second kappa shape index (κ2) is 9.03. The lowest BCUT2D eigenvalue weighted by Gasteiger charge is -2.21. The van der Waals surface area contributed by atoms with Crippen molar-refractivity contribution in [3.05, 3.63) is 23.8 Å². The summed E-state index contributed by atoms with van der Waals surface area (Å²) in [6, 6.07) is 4.77. The lowest BCUT2D eigenvalue weighted by Crippen LogP contribution is -2.43. The van der Waals surface area contributed by atoms with Crippen molar-refractivity contribution in [2.24, 2.45) is 0 Å². The van der Waals surface area contributed by atoms with Crippen LogP contribution in [0.3, 0.4) is 0 Å². The molecule has 0 aliphatic heterocycles. The molecule has 0 saturated heterocycles. The standard InChI is InChI=1S/C17H28N2O4S/c1-6-14(5)18-17(20)12-19(7-2)24(21,22)15-9-10-16(23-8-3)13(4)11-15/h9-11,14H,6-8,12H2,1-5H3,(H,18,20)/t14-/m1/s1. The zero-order chi connectivity index (χ0) is 18.3. The first kappa shape index (κ1) is 20.4. The van der Waals surface area contributed by atoms with E-state index in [0.29, 0.717) is 12.4 Å². The number of aryl methyl sites for hydroxylation is 1. The molecule has 1 N–H and O–H groups in total. The Bertz CT molecular complexity index is 659. The fourth-order valence-corrected chi connectivity index (χ4v) is 3.69. The Labute approximate surface area is 145 Å². The zero-order valence-corrected chi connectivity index (χ0v) is 15.9. The van der Waals surface area contributed by atoms with Gasteiger partial charge in [0, 0.05) is 12.6 Å². The van der Waals surface area contributed by atoms with Gasteiger partial charge in [-0.25, -0.2) is 8.42 Å². The molecule has 0 aliphatic rings. The maximum absolute atomic E-state index is 12.8. The molecule has 0 aliphatic carbocycles. The van der Waals surface area contributed by atoms with E-state index in [0.717, 1.165) is 12.0 Å². The van der Waals surface area contributed by atoms with Gasteiger partial charge in [-0.3, -0.25) is 4.79 Å². The zero-order valence-electron chi connectivity index (χ0n) is 15.1.